The van der Waals surface area contributed by atoms with Crippen LogP contribution in [0.25, 0.3) is 0 Å². The van der Waals surface area contributed by atoms with Crippen LogP contribution in [-0.2, 0) is 22.5 Å². The molecule has 0 saturated carbocycles. The molecule has 0 saturated heterocycles. The molecule has 0 aliphatic carbocycles. The molecule has 0 radical (unpaired) electrons. The van der Waals surface area contributed by atoms with E-state index in [4.69, 9.17) is 23.7 Å². The summed E-state index contributed by atoms with van der Waals surface area (Å²) in [6.45, 7) is 4.07. The third-order valence-electron chi connectivity index (χ3n) is 6.53. The molecule has 0 amide bonds. The average Bonchev–Trinajstić information content (AvgIpc) is 3.23. The molecule has 0 aromatic heterocycles. The molecule has 2 unspecified atom stereocenters. The van der Waals surface area contributed by atoms with Gasteiger partial charge >= 0.3 is 5.97 Å². The second-order valence-electron chi connectivity index (χ2n) is 8.05. The first-order valence-corrected chi connectivity index (χ1v) is 10.7. The Bertz CT molecular complexity index is 1020. The summed E-state index contributed by atoms with van der Waals surface area (Å²) in [4.78, 5) is 15.1. The number of carbonyl (C=O) groups excluding carboxylic acids is 1. The van der Waals surface area contributed by atoms with Crippen molar-refractivity contribution in [2.75, 3.05) is 34.2 Å². The minimum absolute atomic E-state index is 0.0493. The largest absolute Gasteiger partial charge is 0.493 e. The Morgan fingerprint density at radius 2 is 1.94 bits per heavy atom. The summed E-state index contributed by atoms with van der Waals surface area (Å²) in [6.07, 6.45) is 1.21. The van der Waals surface area contributed by atoms with Gasteiger partial charge in [0, 0.05) is 30.6 Å². The van der Waals surface area contributed by atoms with Crippen LogP contribution in [-0.4, -0.2) is 45.0 Å². The van der Waals surface area contributed by atoms with E-state index in [1.54, 1.807) is 14.2 Å². The van der Waals surface area contributed by atoms with Gasteiger partial charge in [0.15, 0.2) is 23.0 Å². The van der Waals surface area contributed by atoms with Crippen LogP contribution >= 0.6 is 0 Å². The molecule has 3 aliphatic rings. The van der Waals surface area contributed by atoms with Crippen molar-refractivity contribution in [3.63, 3.8) is 0 Å². The molecule has 3 heterocycles. The summed E-state index contributed by atoms with van der Waals surface area (Å²) in [5.41, 5.74) is 4.64. The first-order valence-electron chi connectivity index (χ1n) is 10.7. The van der Waals surface area contributed by atoms with Crippen LogP contribution < -0.4 is 18.9 Å². The van der Waals surface area contributed by atoms with Crippen LogP contribution in [0.3, 0.4) is 0 Å². The minimum Gasteiger partial charge on any atom is -0.493 e. The Balaban J connectivity index is 1.64. The van der Waals surface area contributed by atoms with Gasteiger partial charge < -0.3 is 23.7 Å². The van der Waals surface area contributed by atoms with E-state index >= 15 is 0 Å². The molecule has 0 fully saturated rings. The van der Waals surface area contributed by atoms with Crippen molar-refractivity contribution in [2.45, 2.75) is 38.3 Å². The van der Waals surface area contributed by atoms with Gasteiger partial charge in [0.25, 0.3) is 0 Å². The number of rotatable bonds is 5. The van der Waals surface area contributed by atoms with Crippen molar-refractivity contribution in [1.29, 1.82) is 0 Å². The van der Waals surface area contributed by atoms with E-state index in [0.29, 0.717) is 18.8 Å². The van der Waals surface area contributed by atoms with Gasteiger partial charge in [-0.05, 0) is 48.2 Å². The summed E-state index contributed by atoms with van der Waals surface area (Å²) in [7, 11) is 3.31. The van der Waals surface area contributed by atoms with E-state index < -0.39 is 0 Å². The van der Waals surface area contributed by atoms with Crippen molar-refractivity contribution in [3.8, 4) is 23.0 Å². The van der Waals surface area contributed by atoms with E-state index in [0.717, 1.165) is 47.9 Å². The van der Waals surface area contributed by atoms with Crippen LogP contribution in [0, 0.1) is 0 Å². The highest BCUT2D eigenvalue weighted by Gasteiger charge is 2.42. The Labute approximate surface area is 181 Å². The summed E-state index contributed by atoms with van der Waals surface area (Å²) < 4.78 is 27.9. The number of benzene rings is 2. The zero-order valence-electron chi connectivity index (χ0n) is 18.1. The highest BCUT2D eigenvalue weighted by atomic mass is 16.7. The number of nitrogens with zero attached hydrogens (tertiary/aromatic N) is 1. The van der Waals surface area contributed by atoms with Gasteiger partial charge in [-0.1, -0.05) is 6.07 Å². The van der Waals surface area contributed by atoms with Crippen molar-refractivity contribution in [3.05, 3.63) is 46.5 Å². The van der Waals surface area contributed by atoms with Crippen LogP contribution in [0.2, 0.25) is 0 Å². The summed E-state index contributed by atoms with van der Waals surface area (Å²) in [5, 5.41) is 0. The zero-order valence-corrected chi connectivity index (χ0v) is 18.1. The first-order chi connectivity index (χ1) is 15.1. The van der Waals surface area contributed by atoms with Crippen LogP contribution in [0.4, 0.5) is 0 Å². The second-order valence-corrected chi connectivity index (χ2v) is 8.05. The van der Waals surface area contributed by atoms with Crippen molar-refractivity contribution < 1.29 is 28.5 Å². The van der Waals surface area contributed by atoms with Crippen LogP contribution in [0.5, 0.6) is 23.0 Å². The van der Waals surface area contributed by atoms with E-state index in [2.05, 4.69) is 23.1 Å². The quantitative estimate of drug-likeness (QED) is 0.679. The molecule has 2 aromatic carbocycles. The predicted molar refractivity (Wildman–Crippen MR) is 113 cm³/mol. The number of ether oxygens (including phenoxy) is 5. The van der Waals surface area contributed by atoms with Gasteiger partial charge in [-0.15, -0.1) is 0 Å². The summed E-state index contributed by atoms with van der Waals surface area (Å²) in [6, 6.07) is 8.24. The van der Waals surface area contributed by atoms with Crippen molar-refractivity contribution >= 4 is 5.97 Å². The van der Waals surface area contributed by atoms with E-state index in [1.165, 1.54) is 11.1 Å². The average molecular weight is 425 g/mol. The molecular formula is C24H27NO6. The molecular weight excluding hydrogens is 398 g/mol. The normalized spacial score (nSPS) is 21.0. The summed E-state index contributed by atoms with van der Waals surface area (Å²) >= 11 is 0. The number of methoxy groups -OCH3 is 2. The molecule has 0 N–H and O–H groups in total. The lowest BCUT2D eigenvalue weighted by Gasteiger charge is -2.46. The van der Waals surface area contributed by atoms with E-state index in [1.807, 2.05) is 13.0 Å². The number of hydrogen-bond acceptors (Lipinski definition) is 7. The van der Waals surface area contributed by atoms with Gasteiger partial charge in [0.05, 0.1) is 27.2 Å². The maximum absolute atomic E-state index is 12.6. The number of carbonyl (C=O) groups is 1. The Morgan fingerprint density at radius 3 is 2.68 bits per heavy atom. The monoisotopic (exact) mass is 425 g/mol. The number of fused-ring (bicyclic) bond motifs is 5. The fourth-order valence-electron chi connectivity index (χ4n) is 5.25. The topological polar surface area (TPSA) is 66.5 Å². The lowest BCUT2D eigenvalue weighted by Crippen LogP contribution is -2.42. The number of esters is 1. The molecule has 7 heteroatoms. The molecule has 0 bridgehead atoms. The highest BCUT2D eigenvalue weighted by molar-refractivity contribution is 5.72. The Morgan fingerprint density at radius 1 is 1.13 bits per heavy atom. The molecule has 31 heavy (non-hydrogen) atoms. The fourth-order valence-corrected chi connectivity index (χ4v) is 5.25. The summed E-state index contributed by atoms with van der Waals surface area (Å²) in [5.74, 6) is 2.76. The maximum atomic E-state index is 12.6. The predicted octanol–water partition coefficient (Wildman–Crippen LogP) is 3.58. The third kappa shape index (κ3) is 3.28. The van der Waals surface area contributed by atoms with Crippen LogP contribution in [0.1, 0.15) is 47.6 Å². The Kier molecular flexibility index (Phi) is 5.14. The molecule has 2 atom stereocenters. The first kappa shape index (κ1) is 20.0. The van der Waals surface area contributed by atoms with Crippen LogP contribution in [0.15, 0.2) is 24.3 Å². The smallest absolute Gasteiger partial charge is 0.306 e. The SMILES string of the molecule is CCOC(=O)CC1c2ccc(OC)c(OC)c2CN2CCc3cc4c(cc3C12)OCO4. The number of hydrogen-bond donors (Lipinski definition) is 0. The zero-order chi connectivity index (χ0) is 21.5. The van der Waals surface area contributed by atoms with E-state index in [9.17, 15) is 4.79 Å². The van der Waals surface area contributed by atoms with Gasteiger partial charge in [0.2, 0.25) is 6.79 Å². The van der Waals surface area contributed by atoms with Gasteiger partial charge in [-0.3, -0.25) is 9.69 Å². The fraction of sp³-hybridized carbons (Fsp3) is 0.458. The molecule has 5 rings (SSSR count). The molecule has 0 spiro atoms. The lowest BCUT2D eigenvalue weighted by molar-refractivity contribution is -0.144. The van der Waals surface area contributed by atoms with E-state index in [-0.39, 0.29) is 24.7 Å². The second kappa shape index (κ2) is 7.96. The molecule has 7 nitrogen and oxygen atoms in total. The lowest BCUT2D eigenvalue weighted by atomic mass is 9.74. The molecule has 164 valence electrons. The van der Waals surface area contributed by atoms with Gasteiger partial charge in [0.1, 0.15) is 0 Å². The third-order valence-corrected chi connectivity index (χ3v) is 6.53. The van der Waals surface area contributed by atoms with Crippen molar-refractivity contribution in [2.24, 2.45) is 0 Å². The van der Waals surface area contributed by atoms with Gasteiger partial charge in [-0.25, -0.2) is 0 Å². The van der Waals surface area contributed by atoms with Crippen molar-refractivity contribution in [1.82, 2.24) is 4.90 Å². The Hall–Kier alpha value is -2.93. The molecule has 2 aromatic rings. The maximum Gasteiger partial charge on any atom is 0.306 e. The van der Waals surface area contributed by atoms with Gasteiger partial charge in [-0.2, -0.15) is 0 Å². The standard InChI is InChI=1S/C24H27NO6/c1-4-29-22(26)11-17-15-5-6-19(27-2)24(28-3)18(15)12-25-8-7-14-9-20-21(31-13-30-20)10-16(14)23(17)25/h5-6,9-10,17,23H,4,7-8,11-13H2,1-3H3. The molecule has 3 aliphatic heterocycles. The highest BCUT2D eigenvalue weighted by Crippen LogP contribution is 2.52. The minimum atomic E-state index is -0.192.